The highest BCUT2D eigenvalue weighted by Crippen LogP contribution is 2.19. The Hall–Kier alpha value is -3.20. The minimum absolute atomic E-state index is 0.100. The molecule has 0 aliphatic heterocycles. The van der Waals surface area contributed by atoms with Gasteiger partial charge in [0.2, 0.25) is 17.0 Å². The fraction of sp³-hybridized carbons (Fsp3) is 0.250. The summed E-state index contributed by atoms with van der Waals surface area (Å²) in [7, 11) is 0. The average molecular weight is 411 g/mol. The van der Waals surface area contributed by atoms with Crippen molar-refractivity contribution in [3.63, 3.8) is 0 Å². The summed E-state index contributed by atoms with van der Waals surface area (Å²) in [5.41, 5.74) is 4.68. The monoisotopic (exact) mass is 410 g/mol. The lowest BCUT2D eigenvalue weighted by atomic mass is 10.1. The van der Waals surface area contributed by atoms with Crippen molar-refractivity contribution in [2.24, 2.45) is 0 Å². The van der Waals surface area contributed by atoms with Gasteiger partial charge in [-0.2, -0.15) is 4.68 Å². The number of carbonyl (C=O) groups excluding carboxylic acids is 2. The molecule has 0 atom stereocenters. The minimum atomic E-state index is -0.273. The number of tetrazole rings is 1. The first kappa shape index (κ1) is 20.5. The number of nitrogens with one attached hydrogen (secondary N) is 2. The highest BCUT2D eigenvalue weighted by molar-refractivity contribution is 7.99. The third-order valence-electron chi connectivity index (χ3n) is 4.24. The maximum absolute atomic E-state index is 12.2. The first-order chi connectivity index (χ1) is 13.9. The molecule has 3 aromatic rings. The molecule has 0 saturated carbocycles. The van der Waals surface area contributed by atoms with Gasteiger partial charge >= 0.3 is 0 Å². The number of amides is 2. The summed E-state index contributed by atoms with van der Waals surface area (Å²) in [6.07, 6.45) is 0. The SMILES string of the molecule is Cc1ccc(-n2nnnc2SCC(=O)NCC(=O)Nc2c(C)cccc2C)cc1. The summed E-state index contributed by atoms with van der Waals surface area (Å²) in [5.74, 6) is -0.446. The molecule has 0 unspecified atom stereocenters. The zero-order valence-corrected chi connectivity index (χ0v) is 17.3. The van der Waals surface area contributed by atoms with Gasteiger partial charge in [0.15, 0.2) is 0 Å². The van der Waals surface area contributed by atoms with Crippen LogP contribution in [0.4, 0.5) is 5.69 Å². The number of nitrogens with zero attached hydrogens (tertiary/aromatic N) is 4. The van der Waals surface area contributed by atoms with E-state index in [-0.39, 0.29) is 24.1 Å². The van der Waals surface area contributed by atoms with Crippen molar-refractivity contribution in [2.75, 3.05) is 17.6 Å². The molecule has 0 radical (unpaired) electrons. The molecule has 0 saturated heterocycles. The molecular weight excluding hydrogens is 388 g/mol. The third-order valence-corrected chi connectivity index (χ3v) is 5.16. The summed E-state index contributed by atoms with van der Waals surface area (Å²) in [5, 5.41) is 17.6. The largest absolute Gasteiger partial charge is 0.346 e. The maximum Gasteiger partial charge on any atom is 0.243 e. The first-order valence-corrected chi connectivity index (χ1v) is 10.0. The number of aryl methyl sites for hydroxylation is 3. The van der Waals surface area contributed by atoms with Gasteiger partial charge in [-0.15, -0.1) is 5.10 Å². The lowest BCUT2D eigenvalue weighted by Crippen LogP contribution is -2.34. The molecule has 2 aromatic carbocycles. The number of anilines is 1. The van der Waals surface area contributed by atoms with Gasteiger partial charge in [-0.1, -0.05) is 47.7 Å². The van der Waals surface area contributed by atoms with Crippen molar-refractivity contribution in [1.29, 1.82) is 0 Å². The molecule has 0 aliphatic carbocycles. The standard InChI is InChI=1S/C20H22N6O2S/c1-13-7-9-16(10-8-13)26-20(23-24-25-26)29-12-18(28)21-11-17(27)22-19-14(2)5-4-6-15(19)3/h4-10H,11-12H2,1-3H3,(H,21,28)(H,22,27). The first-order valence-electron chi connectivity index (χ1n) is 9.05. The van der Waals surface area contributed by atoms with Gasteiger partial charge in [0, 0.05) is 5.69 Å². The highest BCUT2D eigenvalue weighted by atomic mass is 32.2. The van der Waals surface area contributed by atoms with Crippen LogP contribution in [0.3, 0.4) is 0 Å². The van der Waals surface area contributed by atoms with E-state index in [1.165, 1.54) is 11.8 Å². The molecule has 9 heteroatoms. The highest BCUT2D eigenvalue weighted by Gasteiger charge is 2.13. The van der Waals surface area contributed by atoms with Crippen LogP contribution in [0, 0.1) is 20.8 Å². The number of carbonyl (C=O) groups is 2. The van der Waals surface area contributed by atoms with Gasteiger partial charge in [0.25, 0.3) is 0 Å². The van der Waals surface area contributed by atoms with Gasteiger partial charge in [-0.05, 0) is 54.5 Å². The maximum atomic E-state index is 12.2. The number of aromatic nitrogens is 4. The fourth-order valence-electron chi connectivity index (χ4n) is 2.67. The van der Waals surface area contributed by atoms with E-state index >= 15 is 0 Å². The summed E-state index contributed by atoms with van der Waals surface area (Å²) < 4.78 is 1.57. The fourth-order valence-corrected chi connectivity index (χ4v) is 3.39. The minimum Gasteiger partial charge on any atom is -0.346 e. The van der Waals surface area contributed by atoms with Gasteiger partial charge in [-0.25, -0.2) is 0 Å². The number of benzene rings is 2. The smallest absolute Gasteiger partial charge is 0.243 e. The van der Waals surface area contributed by atoms with Gasteiger partial charge < -0.3 is 10.6 Å². The molecule has 1 aromatic heterocycles. The second-order valence-electron chi connectivity index (χ2n) is 6.59. The van der Waals surface area contributed by atoms with E-state index in [2.05, 4.69) is 26.2 Å². The second-order valence-corrected chi connectivity index (χ2v) is 7.53. The average Bonchev–Trinajstić information content (AvgIpc) is 3.17. The summed E-state index contributed by atoms with van der Waals surface area (Å²) >= 11 is 1.20. The van der Waals surface area contributed by atoms with E-state index in [1.54, 1.807) is 4.68 Å². The molecule has 0 fully saturated rings. The number of thioether (sulfide) groups is 1. The van der Waals surface area contributed by atoms with E-state index in [0.29, 0.717) is 5.16 Å². The lowest BCUT2D eigenvalue weighted by molar-refractivity contribution is -0.122. The molecule has 8 nitrogen and oxygen atoms in total. The number of hydrogen-bond donors (Lipinski definition) is 2. The van der Waals surface area contributed by atoms with E-state index in [0.717, 1.165) is 28.1 Å². The molecular formula is C20H22N6O2S. The molecule has 2 N–H and O–H groups in total. The van der Waals surface area contributed by atoms with Crippen LogP contribution in [0.1, 0.15) is 16.7 Å². The molecule has 0 aliphatic rings. The summed E-state index contributed by atoms with van der Waals surface area (Å²) in [6, 6.07) is 13.5. The molecule has 0 spiro atoms. The van der Waals surface area contributed by atoms with Crippen LogP contribution in [0.2, 0.25) is 0 Å². The molecule has 2 amide bonds. The Bertz CT molecular complexity index is 996. The topological polar surface area (TPSA) is 102 Å². The summed E-state index contributed by atoms with van der Waals surface area (Å²) in [4.78, 5) is 24.3. The van der Waals surface area contributed by atoms with Crippen LogP contribution in [0.5, 0.6) is 0 Å². The normalized spacial score (nSPS) is 10.6. The van der Waals surface area contributed by atoms with Crippen LogP contribution in [-0.4, -0.2) is 44.3 Å². The predicted molar refractivity (Wildman–Crippen MR) is 112 cm³/mol. The van der Waals surface area contributed by atoms with E-state index in [1.807, 2.05) is 63.2 Å². The van der Waals surface area contributed by atoms with Crippen molar-refractivity contribution in [3.8, 4) is 5.69 Å². The van der Waals surface area contributed by atoms with E-state index in [9.17, 15) is 9.59 Å². The zero-order chi connectivity index (χ0) is 20.8. The number of hydrogen-bond acceptors (Lipinski definition) is 6. The van der Waals surface area contributed by atoms with Crippen molar-refractivity contribution in [3.05, 3.63) is 59.2 Å². The second kappa shape index (κ2) is 9.33. The van der Waals surface area contributed by atoms with Gasteiger partial charge in [-0.3, -0.25) is 9.59 Å². The van der Waals surface area contributed by atoms with Crippen molar-refractivity contribution in [2.45, 2.75) is 25.9 Å². The predicted octanol–water partition coefficient (Wildman–Crippen LogP) is 2.43. The number of rotatable bonds is 7. The van der Waals surface area contributed by atoms with Gasteiger partial charge in [0.05, 0.1) is 18.0 Å². The Morgan fingerprint density at radius 1 is 1.00 bits per heavy atom. The van der Waals surface area contributed by atoms with Crippen LogP contribution >= 0.6 is 11.8 Å². The van der Waals surface area contributed by atoms with Crippen LogP contribution in [0.25, 0.3) is 5.69 Å². The van der Waals surface area contributed by atoms with Gasteiger partial charge in [0.1, 0.15) is 0 Å². The molecule has 0 bridgehead atoms. The Balaban J connectivity index is 1.50. The Morgan fingerprint density at radius 3 is 2.38 bits per heavy atom. The third kappa shape index (κ3) is 5.41. The van der Waals surface area contributed by atoms with E-state index < -0.39 is 0 Å². The summed E-state index contributed by atoms with van der Waals surface area (Å²) in [6.45, 7) is 5.75. The van der Waals surface area contributed by atoms with Crippen molar-refractivity contribution in [1.82, 2.24) is 25.5 Å². The lowest BCUT2D eigenvalue weighted by Gasteiger charge is -2.11. The van der Waals surface area contributed by atoms with Crippen LogP contribution in [-0.2, 0) is 9.59 Å². The Kier molecular flexibility index (Phi) is 6.61. The molecule has 29 heavy (non-hydrogen) atoms. The quantitative estimate of drug-likeness (QED) is 0.580. The van der Waals surface area contributed by atoms with Crippen molar-refractivity contribution < 1.29 is 9.59 Å². The molecule has 1 heterocycles. The zero-order valence-electron chi connectivity index (χ0n) is 16.5. The Morgan fingerprint density at radius 2 is 1.69 bits per heavy atom. The van der Waals surface area contributed by atoms with Crippen LogP contribution < -0.4 is 10.6 Å². The van der Waals surface area contributed by atoms with E-state index in [4.69, 9.17) is 0 Å². The molecule has 3 rings (SSSR count). The number of para-hydroxylation sites is 1. The van der Waals surface area contributed by atoms with Crippen molar-refractivity contribution >= 4 is 29.3 Å². The molecule has 150 valence electrons. The van der Waals surface area contributed by atoms with Crippen LogP contribution in [0.15, 0.2) is 47.6 Å². The Labute approximate surface area is 173 Å².